The number of nitrogens with zero attached hydrogens (tertiary/aromatic N) is 5. The van der Waals surface area contributed by atoms with Gasteiger partial charge in [0.25, 0.3) is 0 Å². The Morgan fingerprint density at radius 2 is 1.83 bits per heavy atom. The summed E-state index contributed by atoms with van der Waals surface area (Å²) in [7, 11) is 0. The number of aliphatic imine (C=N–C) groups is 1. The molecule has 184 valence electrons. The number of ether oxygens (including phenoxy) is 1. The fourth-order valence-electron chi connectivity index (χ4n) is 5.86. The van der Waals surface area contributed by atoms with Crippen molar-refractivity contribution >= 4 is 34.8 Å². The van der Waals surface area contributed by atoms with Crippen molar-refractivity contribution in [3.05, 3.63) is 52.8 Å². The van der Waals surface area contributed by atoms with E-state index in [1.54, 1.807) is 0 Å². The van der Waals surface area contributed by atoms with E-state index in [-0.39, 0.29) is 12.1 Å². The molecule has 1 saturated carbocycles. The van der Waals surface area contributed by atoms with E-state index in [1.807, 2.05) is 40.3 Å². The molecule has 35 heavy (non-hydrogen) atoms. The van der Waals surface area contributed by atoms with Crippen molar-refractivity contribution in [2.75, 3.05) is 42.6 Å². The highest BCUT2D eigenvalue weighted by Crippen LogP contribution is 2.37. The van der Waals surface area contributed by atoms with Crippen LogP contribution in [0.4, 0.5) is 16.2 Å². The van der Waals surface area contributed by atoms with Crippen LogP contribution in [0, 0.1) is 5.92 Å². The first-order valence-electron chi connectivity index (χ1n) is 12.9. The fourth-order valence-corrected chi connectivity index (χ4v) is 5.99. The first-order valence-corrected chi connectivity index (χ1v) is 13.3. The number of rotatable bonds is 5. The van der Waals surface area contributed by atoms with Gasteiger partial charge in [-0.25, -0.2) is 9.78 Å². The zero-order valence-corrected chi connectivity index (χ0v) is 20.8. The Hall–Kier alpha value is -2.64. The zero-order valence-electron chi connectivity index (χ0n) is 20.0. The SMILES string of the molecule is O=C1N2CC(CC3CCCCC3)N=C2c2ncc(N3CCOCC3)cc2N1Cc1ccc(Cl)cc1. The molecule has 0 N–H and O–H groups in total. The lowest BCUT2D eigenvalue weighted by Crippen LogP contribution is -2.50. The highest BCUT2D eigenvalue weighted by Gasteiger charge is 2.42. The maximum atomic E-state index is 13.8. The van der Waals surface area contributed by atoms with Crippen LogP contribution in [0.3, 0.4) is 0 Å². The molecular formula is C27H32ClN5O2. The smallest absolute Gasteiger partial charge is 0.330 e. The van der Waals surface area contributed by atoms with Crippen LogP contribution >= 0.6 is 11.6 Å². The van der Waals surface area contributed by atoms with Gasteiger partial charge in [-0.05, 0) is 36.1 Å². The van der Waals surface area contributed by atoms with Gasteiger partial charge in [-0.15, -0.1) is 0 Å². The van der Waals surface area contributed by atoms with Gasteiger partial charge in [0.1, 0.15) is 5.69 Å². The van der Waals surface area contributed by atoms with E-state index >= 15 is 0 Å². The third kappa shape index (κ3) is 4.64. The Kier molecular flexibility index (Phi) is 6.37. The Balaban J connectivity index is 1.33. The molecule has 1 aromatic heterocycles. The molecule has 2 fully saturated rings. The van der Waals surface area contributed by atoms with Crippen molar-refractivity contribution in [2.45, 2.75) is 51.1 Å². The van der Waals surface area contributed by atoms with Crippen molar-refractivity contribution < 1.29 is 9.53 Å². The number of anilines is 2. The van der Waals surface area contributed by atoms with Gasteiger partial charge in [-0.2, -0.15) is 0 Å². The highest BCUT2D eigenvalue weighted by atomic mass is 35.5. The summed E-state index contributed by atoms with van der Waals surface area (Å²) < 4.78 is 5.53. The quantitative estimate of drug-likeness (QED) is 0.580. The first kappa shape index (κ1) is 22.8. The molecule has 3 aliphatic heterocycles. The third-order valence-electron chi connectivity index (χ3n) is 7.73. The molecule has 6 rings (SSSR count). The van der Waals surface area contributed by atoms with Gasteiger partial charge < -0.3 is 9.64 Å². The lowest BCUT2D eigenvalue weighted by Gasteiger charge is -2.36. The molecule has 1 atom stereocenters. The molecule has 1 unspecified atom stereocenters. The molecule has 0 bridgehead atoms. The summed E-state index contributed by atoms with van der Waals surface area (Å²) in [6.07, 6.45) is 9.55. The number of hydrogen-bond donors (Lipinski definition) is 0. The lowest BCUT2D eigenvalue weighted by molar-refractivity contribution is 0.122. The van der Waals surface area contributed by atoms with E-state index in [9.17, 15) is 4.79 Å². The Morgan fingerprint density at radius 3 is 2.60 bits per heavy atom. The number of pyridine rings is 1. The molecule has 0 radical (unpaired) electrons. The van der Waals surface area contributed by atoms with Crippen LogP contribution in [0.25, 0.3) is 0 Å². The van der Waals surface area contributed by atoms with Gasteiger partial charge in [0.05, 0.1) is 49.9 Å². The number of urea groups is 1. The van der Waals surface area contributed by atoms with Crippen molar-refractivity contribution in [3.8, 4) is 0 Å². The molecule has 2 amide bonds. The topological polar surface area (TPSA) is 61.3 Å². The number of hydrogen-bond acceptors (Lipinski definition) is 5. The van der Waals surface area contributed by atoms with E-state index in [2.05, 4.69) is 11.0 Å². The minimum Gasteiger partial charge on any atom is -0.378 e. The van der Waals surface area contributed by atoms with Crippen molar-refractivity contribution in [1.29, 1.82) is 0 Å². The molecule has 8 heteroatoms. The first-order chi connectivity index (χ1) is 17.2. The molecule has 7 nitrogen and oxygen atoms in total. The second-order valence-electron chi connectivity index (χ2n) is 10.1. The van der Waals surface area contributed by atoms with Gasteiger partial charge in [0.2, 0.25) is 0 Å². The van der Waals surface area contributed by atoms with E-state index in [1.165, 1.54) is 32.1 Å². The number of benzene rings is 1. The predicted molar refractivity (Wildman–Crippen MR) is 139 cm³/mol. The van der Waals surface area contributed by atoms with E-state index in [0.29, 0.717) is 31.3 Å². The average Bonchev–Trinajstić information content (AvgIpc) is 3.32. The standard InChI is InChI=1S/C27H32ClN5O2/c28-21-8-6-20(7-9-21)17-32-24-15-23(31-10-12-35-13-11-31)16-29-25(24)26-30-22(18-33(26)27(32)34)14-19-4-2-1-3-5-19/h6-9,15-16,19,22H,1-5,10-14,17-18H2. The Labute approximate surface area is 211 Å². The largest absolute Gasteiger partial charge is 0.378 e. The fraction of sp³-hybridized carbons (Fsp3) is 0.519. The number of carbonyl (C=O) groups excluding carboxylic acids is 1. The number of amidine groups is 1. The third-order valence-corrected chi connectivity index (χ3v) is 7.98. The number of amides is 2. The van der Waals surface area contributed by atoms with Gasteiger partial charge in [0.15, 0.2) is 5.84 Å². The van der Waals surface area contributed by atoms with E-state index in [0.717, 1.165) is 53.9 Å². The van der Waals surface area contributed by atoms with Crippen LogP contribution in [-0.4, -0.2) is 60.6 Å². The molecule has 4 aliphatic rings. The highest BCUT2D eigenvalue weighted by molar-refractivity contribution is 6.30. The summed E-state index contributed by atoms with van der Waals surface area (Å²) in [5.41, 5.74) is 3.69. The zero-order chi connectivity index (χ0) is 23.8. The number of halogens is 1. The number of carbonyl (C=O) groups is 1. The molecule has 0 spiro atoms. The Bertz CT molecular complexity index is 1110. The van der Waals surface area contributed by atoms with Crippen LogP contribution in [0.5, 0.6) is 0 Å². The minimum atomic E-state index is -0.0155. The molecular weight excluding hydrogens is 462 g/mol. The summed E-state index contributed by atoms with van der Waals surface area (Å²) in [6.45, 7) is 4.16. The summed E-state index contributed by atoms with van der Waals surface area (Å²) in [5, 5.41) is 0.690. The van der Waals surface area contributed by atoms with Gasteiger partial charge in [-0.1, -0.05) is 55.8 Å². The molecule has 4 heterocycles. The number of aromatic nitrogens is 1. The summed E-state index contributed by atoms with van der Waals surface area (Å²) in [4.78, 5) is 29.8. The van der Waals surface area contributed by atoms with E-state index < -0.39 is 0 Å². The molecule has 1 aliphatic carbocycles. The second kappa shape index (κ2) is 9.78. The second-order valence-corrected chi connectivity index (χ2v) is 10.5. The minimum absolute atomic E-state index is 0.0155. The Morgan fingerprint density at radius 1 is 1.06 bits per heavy atom. The van der Waals surface area contributed by atoms with Crippen molar-refractivity contribution in [2.24, 2.45) is 10.9 Å². The predicted octanol–water partition coefficient (Wildman–Crippen LogP) is 5.11. The molecule has 1 saturated heterocycles. The average molecular weight is 494 g/mol. The maximum absolute atomic E-state index is 13.8. The monoisotopic (exact) mass is 493 g/mol. The van der Waals surface area contributed by atoms with Gasteiger partial charge in [0, 0.05) is 18.1 Å². The van der Waals surface area contributed by atoms with Crippen LogP contribution in [0.2, 0.25) is 5.02 Å². The van der Waals surface area contributed by atoms with Crippen molar-refractivity contribution in [1.82, 2.24) is 9.88 Å². The van der Waals surface area contributed by atoms with Crippen LogP contribution < -0.4 is 9.80 Å². The van der Waals surface area contributed by atoms with Crippen LogP contribution in [0.1, 0.15) is 49.8 Å². The summed E-state index contributed by atoms with van der Waals surface area (Å²) >= 11 is 6.11. The summed E-state index contributed by atoms with van der Waals surface area (Å²) in [5.74, 6) is 1.46. The lowest BCUT2D eigenvalue weighted by atomic mass is 9.85. The normalized spacial score (nSPS) is 22.8. The molecule has 1 aromatic carbocycles. The number of morpholine rings is 1. The molecule has 2 aromatic rings. The number of fused-ring (bicyclic) bond motifs is 3. The van der Waals surface area contributed by atoms with Crippen LogP contribution in [-0.2, 0) is 11.3 Å². The van der Waals surface area contributed by atoms with Crippen molar-refractivity contribution in [3.63, 3.8) is 0 Å². The summed E-state index contributed by atoms with van der Waals surface area (Å²) in [6, 6.07) is 9.95. The van der Waals surface area contributed by atoms with Gasteiger partial charge in [-0.3, -0.25) is 14.8 Å². The van der Waals surface area contributed by atoms with Gasteiger partial charge >= 0.3 is 6.03 Å². The maximum Gasteiger partial charge on any atom is 0.330 e. The van der Waals surface area contributed by atoms with Crippen LogP contribution in [0.15, 0.2) is 41.5 Å². The van der Waals surface area contributed by atoms with E-state index in [4.69, 9.17) is 26.3 Å².